The van der Waals surface area contributed by atoms with Gasteiger partial charge in [-0.15, -0.1) is 0 Å². The summed E-state index contributed by atoms with van der Waals surface area (Å²) in [5, 5.41) is 3.92. The summed E-state index contributed by atoms with van der Waals surface area (Å²) >= 11 is 0. The summed E-state index contributed by atoms with van der Waals surface area (Å²) in [7, 11) is 1.80. The molecule has 0 aromatic carbocycles. The summed E-state index contributed by atoms with van der Waals surface area (Å²) < 4.78 is 1.62. The van der Waals surface area contributed by atoms with Crippen LogP contribution in [0, 0.1) is 11.8 Å². The van der Waals surface area contributed by atoms with E-state index in [9.17, 15) is 0 Å². The van der Waals surface area contributed by atoms with Gasteiger partial charge in [-0.2, -0.15) is 5.10 Å². The zero-order valence-electron chi connectivity index (χ0n) is 6.33. The van der Waals surface area contributed by atoms with E-state index in [4.69, 9.17) is 11.5 Å². The number of hydrogen-bond acceptors (Lipinski definition) is 3. The van der Waals surface area contributed by atoms with Crippen molar-refractivity contribution < 1.29 is 0 Å². The van der Waals surface area contributed by atoms with E-state index < -0.39 is 0 Å². The fourth-order valence-electron chi connectivity index (χ4n) is 0.748. The number of aryl methyl sites for hydroxylation is 1. The molecule has 0 saturated heterocycles. The number of nitrogens with zero attached hydrogens (tertiary/aromatic N) is 2. The Hall–Kier alpha value is -1.47. The second kappa shape index (κ2) is 3.08. The maximum absolute atomic E-state index is 5.51. The molecule has 0 fully saturated rings. The van der Waals surface area contributed by atoms with E-state index in [1.54, 1.807) is 17.9 Å². The lowest BCUT2D eigenvalue weighted by Gasteiger charge is -1.80. The van der Waals surface area contributed by atoms with Crippen LogP contribution in [-0.4, -0.2) is 16.3 Å². The van der Waals surface area contributed by atoms with Gasteiger partial charge in [0.05, 0.1) is 12.1 Å². The van der Waals surface area contributed by atoms with E-state index in [-0.39, 0.29) is 0 Å². The lowest BCUT2D eigenvalue weighted by atomic mass is 10.3. The maximum Gasteiger partial charge on any atom is 0.161 e. The molecule has 1 aromatic heterocycles. The highest BCUT2D eigenvalue weighted by Gasteiger charge is 1.97. The van der Waals surface area contributed by atoms with Crippen molar-refractivity contribution in [1.82, 2.24) is 9.78 Å². The molecule has 1 heterocycles. The Kier molecular flexibility index (Phi) is 2.14. The first-order valence-electron chi connectivity index (χ1n) is 3.22. The molecule has 4 nitrogen and oxygen atoms in total. The predicted octanol–water partition coefficient (Wildman–Crippen LogP) is -0.688. The van der Waals surface area contributed by atoms with Gasteiger partial charge in [-0.1, -0.05) is 11.8 Å². The van der Waals surface area contributed by atoms with Crippen molar-refractivity contribution in [3.8, 4) is 11.8 Å². The van der Waals surface area contributed by atoms with Crippen LogP contribution in [0.15, 0.2) is 6.20 Å². The molecule has 58 valence electrons. The molecule has 4 N–H and O–H groups in total. The van der Waals surface area contributed by atoms with Gasteiger partial charge >= 0.3 is 0 Å². The molecule has 0 atom stereocenters. The third-order valence-electron chi connectivity index (χ3n) is 1.18. The Morgan fingerprint density at radius 2 is 2.45 bits per heavy atom. The lowest BCUT2D eigenvalue weighted by molar-refractivity contribution is 0.772. The third kappa shape index (κ3) is 1.72. The molecule has 0 spiro atoms. The average molecular weight is 150 g/mol. The number of aromatic nitrogens is 2. The molecule has 0 radical (unpaired) electrons. The fraction of sp³-hybridized carbons (Fsp3) is 0.286. The van der Waals surface area contributed by atoms with Crippen molar-refractivity contribution in [2.45, 2.75) is 0 Å². The lowest BCUT2D eigenvalue weighted by Crippen LogP contribution is -1.93. The highest BCUT2D eigenvalue weighted by molar-refractivity contribution is 5.49. The number of anilines is 1. The van der Waals surface area contributed by atoms with Gasteiger partial charge in [-0.25, -0.2) is 0 Å². The molecule has 0 bridgehead atoms. The van der Waals surface area contributed by atoms with Crippen molar-refractivity contribution in [1.29, 1.82) is 0 Å². The molecular weight excluding hydrogens is 140 g/mol. The van der Waals surface area contributed by atoms with Crippen LogP contribution in [0.4, 0.5) is 5.82 Å². The van der Waals surface area contributed by atoms with Crippen LogP contribution in [-0.2, 0) is 7.05 Å². The fourth-order valence-corrected chi connectivity index (χ4v) is 0.748. The number of hydrogen-bond donors (Lipinski definition) is 2. The predicted molar refractivity (Wildman–Crippen MR) is 43.6 cm³/mol. The van der Waals surface area contributed by atoms with Crippen molar-refractivity contribution in [3.63, 3.8) is 0 Å². The highest BCUT2D eigenvalue weighted by atomic mass is 15.3. The van der Waals surface area contributed by atoms with Crippen molar-refractivity contribution in [3.05, 3.63) is 11.8 Å². The molecule has 0 aliphatic rings. The topological polar surface area (TPSA) is 69.9 Å². The molecule has 0 saturated carbocycles. The second-order valence-corrected chi connectivity index (χ2v) is 2.11. The molecule has 0 amide bonds. The van der Waals surface area contributed by atoms with Crippen LogP contribution < -0.4 is 11.5 Å². The van der Waals surface area contributed by atoms with Crippen LogP contribution in [0.2, 0.25) is 0 Å². The zero-order chi connectivity index (χ0) is 8.27. The number of nitrogen functional groups attached to an aromatic ring is 1. The van der Waals surface area contributed by atoms with Gasteiger partial charge in [-0.05, 0) is 0 Å². The van der Waals surface area contributed by atoms with Gasteiger partial charge in [0, 0.05) is 13.2 Å². The van der Waals surface area contributed by atoms with E-state index >= 15 is 0 Å². The van der Waals surface area contributed by atoms with Gasteiger partial charge in [0.15, 0.2) is 5.82 Å². The Morgan fingerprint density at radius 3 is 2.91 bits per heavy atom. The number of nitrogens with two attached hydrogens (primary N) is 2. The van der Waals surface area contributed by atoms with E-state index in [2.05, 4.69) is 16.9 Å². The Balaban J connectivity index is 2.94. The summed E-state index contributed by atoms with van der Waals surface area (Å²) in [5.41, 5.74) is 11.4. The molecule has 4 heteroatoms. The van der Waals surface area contributed by atoms with Gasteiger partial charge in [0.2, 0.25) is 0 Å². The van der Waals surface area contributed by atoms with Crippen molar-refractivity contribution >= 4 is 5.82 Å². The highest BCUT2D eigenvalue weighted by Crippen LogP contribution is 2.04. The number of rotatable bonds is 0. The van der Waals surface area contributed by atoms with E-state index in [1.807, 2.05) is 0 Å². The zero-order valence-corrected chi connectivity index (χ0v) is 6.33. The SMILES string of the molecule is Cn1cc(C#CCN)c(N)n1. The van der Waals surface area contributed by atoms with Gasteiger partial charge in [0.1, 0.15) is 0 Å². The third-order valence-corrected chi connectivity index (χ3v) is 1.18. The van der Waals surface area contributed by atoms with Gasteiger partial charge in [-0.3, -0.25) is 4.68 Å². The Labute approximate surface area is 65.2 Å². The quantitative estimate of drug-likeness (QED) is 0.481. The Bertz CT molecular complexity index is 302. The largest absolute Gasteiger partial charge is 0.381 e. The summed E-state index contributed by atoms with van der Waals surface area (Å²) in [5.74, 6) is 5.97. The van der Waals surface area contributed by atoms with Crippen LogP contribution in [0.3, 0.4) is 0 Å². The van der Waals surface area contributed by atoms with E-state index in [0.717, 1.165) is 5.56 Å². The van der Waals surface area contributed by atoms with Crippen LogP contribution >= 0.6 is 0 Å². The molecular formula is C7H10N4. The minimum atomic E-state index is 0.342. The van der Waals surface area contributed by atoms with E-state index in [1.165, 1.54) is 0 Å². The van der Waals surface area contributed by atoms with E-state index in [0.29, 0.717) is 12.4 Å². The molecule has 11 heavy (non-hydrogen) atoms. The molecule has 0 aliphatic heterocycles. The summed E-state index contributed by atoms with van der Waals surface area (Å²) in [6.07, 6.45) is 1.76. The smallest absolute Gasteiger partial charge is 0.161 e. The molecule has 1 rings (SSSR count). The van der Waals surface area contributed by atoms with Gasteiger partial charge < -0.3 is 11.5 Å². The summed E-state index contributed by atoms with van der Waals surface area (Å²) in [4.78, 5) is 0. The van der Waals surface area contributed by atoms with Gasteiger partial charge in [0.25, 0.3) is 0 Å². The first-order chi connectivity index (χ1) is 5.24. The van der Waals surface area contributed by atoms with Crippen LogP contribution in [0.1, 0.15) is 5.56 Å². The minimum absolute atomic E-state index is 0.342. The Morgan fingerprint density at radius 1 is 1.73 bits per heavy atom. The van der Waals surface area contributed by atoms with Crippen molar-refractivity contribution in [2.75, 3.05) is 12.3 Å². The maximum atomic E-state index is 5.51. The monoisotopic (exact) mass is 150 g/mol. The molecule has 1 aromatic rings. The summed E-state index contributed by atoms with van der Waals surface area (Å²) in [6, 6.07) is 0. The van der Waals surface area contributed by atoms with Crippen molar-refractivity contribution in [2.24, 2.45) is 12.8 Å². The normalized spacial score (nSPS) is 8.91. The summed E-state index contributed by atoms with van der Waals surface area (Å²) in [6.45, 7) is 0.342. The first kappa shape index (κ1) is 7.63. The van der Waals surface area contributed by atoms with Crippen LogP contribution in [0.25, 0.3) is 0 Å². The first-order valence-corrected chi connectivity index (χ1v) is 3.22. The standard InChI is InChI=1S/C7H10N4/c1-11-5-6(3-2-4-8)7(9)10-11/h5H,4,8H2,1H3,(H2,9,10). The second-order valence-electron chi connectivity index (χ2n) is 2.11. The van der Waals surface area contributed by atoms with Crippen LogP contribution in [0.5, 0.6) is 0 Å². The molecule has 0 unspecified atom stereocenters. The molecule has 0 aliphatic carbocycles. The average Bonchev–Trinajstić information content (AvgIpc) is 2.26. The minimum Gasteiger partial charge on any atom is -0.381 e.